The van der Waals surface area contributed by atoms with Gasteiger partial charge in [0.1, 0.15) is 17.2 Å². The van der Waals surface area contributed by atoms with Crippen molar-refractivity contribution in [3.63, 3.8) is 0 Å². The zero-order valence-electron chi connectivity index (χ0n) is 24.9. The van der Waals surface area contributed by atoms with E-state index in [-0.39, 0.29) is 15.2 Å². The fourth-order valence-corrected chi connectivity index (χ4v) is 8.14. The standard InChI is InChI=1S/C39H34O4S/c1-27-11-13-28(14-12-27)39(37-9-5-3-7-35(37)36-8-4-6-10-38(36)39)29-15-17-31(18-16-29)43-32-21-25-34(26-22-32)44(40,41)33-23-19-30(42-2)20-24-33/h5-6,9-26H,3-4,7-8H2,1-2H3. The smallest absolute Gasteiger partial charge is 0.206 e. The molecule has 0 radical (unpaired) electrons. The van der Waals surface area contributed by atoms with Gasteiger partial charge in [-0.2, -0.15) is 0 Å². The molecule has 7 rings (SSSR count). The summed E-state index contributed by atoms with van der Waals surface area (Å²) in [5, 5.41) is 0. The average Bonchev–Trinajstić information content (AvgIpc) is 3.37. The summed E-state index contributed by atoms with van der Waals surface area (Å²) in [5.41, 5.74) is 9.18. The van der Waals surface area contributed by atoms with E-state index in [4.69, 9.17) is 9.47 Å². The highest BCUT2D eigenvalue weighted by atomic mass is 32.2. The molecule has 0 aromatic heterocycles. The van der Waals surface area contributed by atoms with Gasteiger partial charge in [0.05, 0.1) is 22.3 Å². The van der Waals surface area contributed by atoms with Gasteiger partial charge < -0.3 is 9.47 Å². The molecule has 3 aliphatic carbocycles. The van der Waals surface area contributed by atoms with Crippen molar-refractivity contribution in [2.75, 3.05) is 7.11 Å². The number of aryl methyl sites for hydroxylation is 1. The third kappa shape index (κ3) is 4.63. The fourth-order valence-electron chi connectivity index (χ4n) is 6.88. The molecular weight excluding hydrogens is 564 g/mol. The highest BCUT2D eigenvalue weighted by Crippen LogP contribution is 2.58. The summed E-state index contributed by atoms with van der Waals surface area (Å²) < 4.78 is 37.6. The Bertz CT molecular complexity index is 1900. The Kier molecular flexibility index (Phi) is 7.14. The first-order chi connectivity index (χ1) is 21.4. The van der Waals surface area contributed by atoms with E-state index >= 15 is 0 Å². The summed E-state index contributed by atoms with van der Waals surface area (Å²) in [5.74, 6) is 1.87. The third-order valence-corrected chi connectivity index (χ3v) is 10.8. The molecule has 0 saturated carbocycles. The minimum Gasteiger partial charge on any atom is -0.497 e. The van der Waals surface area contributed by atoms with Crippen molar-refractivity contribution in [1.82, 2.24) is 0 Å². The second-order valence-electron chi connectivity index (χ2n) is 11.6. The van der Waals surface area contributed by atoms with Crippen LogP contribution in [0.15, 0.2) is 153 Å². The Morgan fingerprint density at radius 3 is 1.50 bits per heavy atom. The highest BCUT2D eigenvalue weighted by molar-refractivity contribution is 7.91. The van der Waals surface area contributed by atoms with E-state index in [0.29, 0.717) is 17.2 Å². The highest BCUT2D eigenvalue weighted by Gasteiger charge is 2.48. The van der Waals surface area contributed by atoms with Crippen LogP contribution in [-0.2, 0) is 15.3 Å². The van der Waals surface area contributed by atoms with Gasteiger partial charge in [0.15, 0.2) is 0 Å². The number of ether oxygens (including phenoxy) is 2. The van der Waals surface area contributed by atoms with Crippen molar-refractivity contribution in [3.8, 4) is 17.2 Å². The molecule has 44 heavy (non-hydrogen) atoms. The number of allylic oxidation sites excluding steroid dienone is 8. The zero-order chi connectivity index (χ0) is 30.3. The van der Waals surface area contributed by atoms with Crippen molar-refractivity contribution in [2.24, 2.45) is 0 Å². The zero-order valence-corrected chi connectivity index (χ0v) is 25.7. The van der Waals surface area contributed by atoms with Gasteiger partial charge in [-0.15, -0.1) is 0 Å². The molecule has 3 aliphatic rings. The van der Waals surface area contributed by atoms with Crippen LogP contribution in [0.4, 0.5) is 0 Å². The molecule has 0 unspecified atom stereocenters. The molecule has 0 spiro atoms. The molecule has 4 aromatic rings. The molecule has 4 aromatic carbocycles. The summed E-state index contributed by atoms with van der Waals surface area (Å²) in [4.78, 5) is 0.426. The Labute approximate surface area is 259 Å². The van der Waals surface area contributed by atoms with E-state index in [1.165, 1.54) is 39.0 Å². The number of sulfone groups is 1. The Morgan fingerprint density at radius 2 is 1.02 bits per heavy atom. The van der Waals surface area contributed by atoms with Gasteiger partial charge >= 0.3 is 0 Å². The second-order valence-corrected chi connectivity index (χ2v) is 13.5. The minimum atomic E-state index is -3.66. The largest absolute Gasteiger partial charge is 0.497 e. The van der Waals surface area contributed by atoms with Gasteiger partial charge in [-0.25, -0.2) is 8.42 Å². The quantitative estimate of drug-likeness (QED) is 0.213. The number of hydrogen-bond donors (Lipinski definition) is 0. The minimum absolute atomic E-state index is 0.209. The van der Waals surface area contributed by atoms with Crippen LogP contribution in [0.2, 0.25) is 0 Å². The fraction of sp³-hybridized carbons (Fsp3) is 0.179. The van der Waals surface area contributed by atoms with Crippen molar-refractivity contribution in [2.45, 2.75) is 47.8 Å². The number of hydrogen-bond acceptors (Lipinski definition) is 4. The molecule has 0 fully saturated rings. The predicted molar refractivity (Wildman–Crippen MR) is 174 cm³/mol. The first kappa shape index (κ1) is 28.2. The molecule has 220 valence electrons. The number of benzene rings is 4. The van der Waals surface area contributed by atoms with Crippen molar-refractivity contribution >= 4 is 9.84 Å². The summed E-state index contributed by atoms with van der Waals surface area (Å²) in [6.07, 6.45) is 13.7. The second kappa shape index (κ2) is 11.1. The summed E-state index contributed by atoms with van der Waals surface area (Å²) in [6, 6.07) is 30.4. The maximum absolute atomic E-state index is 13.1. The lowest BCUT2D eigenvalue weighted by Crippen LogP contribution is -2.30. The number of rotatable bonds is 7. The Morgan fingerprint density at radius 1 is 0.591 bits per heavy atom. The third-order valence-electron chi connectivity index (χ3n) is 9.02. The van der Waals surface area contributed by atoms with E-state index in [1.54, 1.807) is 55.6 Å². The van der Waals surface area contributed by atoms with E-state index in [1.807, 2.05) is 12.1 Å². The van der Waals surface area contributed by atoms with Gasteiger partial charge in [0.25, 0.3) is 0 Å². The first-order valence-corrected chi connectivity index (χ1v) is 16.5. The molecular formula is C39H34O4S. The van der Waals surface area contributed by atoms with Crippen LogP contribution in [0.25, 0.3) is 0 Å². The maximum atomic E-state index is 13.1. The summed E-state index contributed by atoms with van der Waals surface area (Å²) in [7, 11) is -2.10. The van der Waals surface area contributed by atoms with Crippen molar-refractivity contribution < 1.29 is 17.9 Å². The van der Waals surface area contributed by atoms with Crippen LogP contribution in [0.3, 0.4) is 0 Å². The number of methoxy groups -OCH3 is 1. The Balaban J connectivity index is 1.21. The summed E-state index contributed by atoms with van der Waals surface area (Å²) >= 11 is 0. The molecule has 0 saturated heterocycles. The molecule has 0 amide bonds. The average molecular weight is 599 g/mol. The molecule has 5 heteroatoms. The van der Waals surface area contributed by atoms with E-state index in [9.17, 15) is 8.42 Å². The lowest BCUT2D eigenvalue weighted by Gasteiger charge is -2.37. The Hall–Kier alpha value is -4.61. The van der Waals surface area contributed by atoms with Crippen LogP contribution >= 0.6 is 0 Å². The number of fused-ring (bicyclic) bond motifs is 1. The van der Waals surface area contributed by atoms with Crippen LogP contribution in [0, 0.1) is 6.92 Å². The van der Waals surface area contributed by atoms with E-state index in [2.05, 4.69) is 67.6 Å². The van der Waals surface area contributed by atoms with Gasteiger partial charge in [-0.1, -0.05) is 66.3 Å². The van der Waals surface area contributed by atoms with Gasteiger partial charge in [0.2, 0.25) is 9.84 Å². The topological polar surface area (TPSA) is 52.6 Å². The van der Waals surface area contributed by atoms with E-state index < -0.39 is 9.84 Å². The molecule has 0 aliphatic heterocycles. The molecule has 0 bridgehead atoms. The molecule has 0 heterocycles. The summed E-state index contributed by atoms with van der Waals surface area (Å²) in [6.45, 7) is 2.13. The molecule has 4 nitrogen and oxygen atoms in total. The first-order valence-electron chi connectivity index (χ1n) is 15.1. The SMILES string of the molecule is COc1ccc(S(=O)(=O)c2ccc(Oc3ccc(C4(c5ccc(C)cc5)C5=C(CCC=C5)C5=C4C=CCC5)cc3)cc2)cc1. The van der Waals surface area contributed by atoms with Crippen molar-refractivity contribution in [1.29, 1.82) is 0 Å². The van der Waals surface area contributed by atoms with Crippen LogP contribution in [-0.4, -0.2) is 15.5 Å². The van der Waals surface area contributed by atoms with Crippen LogP contribution in [0.5, 0.6) is 17.2 Å². The monoisotopic (exact) mass is 598 g/mol. The predicted octanol–water partition coefficient (Wildman–Crippen LogP) is 9.22. The lowest BCUT2D eigenvalue weighted by atomic mass is 9.65. The molecule has 0 atom stereocenters. The maximum Gasteiger partial charge on any atom is 0.206 e. The van der Waals surface area contributed by atoms with Gasteiger partial charge in [-0.3, -0.25) is 0 Å². The van der Waals surface area contributed by atoms with Gasteiger partial charge in [-0.05, 0) is 127 Å². The lowest BCUT2D eigenvalue weighted by molar-refractivity contribution is 0.414. The van der Waals surface area contributed by atoms with Gasteiger partial charge in [0, 0.05) is 0 Å². The van der Waals surface area contributed by atoms with E-state index in [0.717, 1.165) is 25.7 Å². The van der Waals surface area contributed by atoms with Crippen LogP contribution < -0.4 is 9.47 Å². The normalized spacial score (nSPS) is 17.0. The van der Waals surface area contributed by atoms with Crippen LogP contribution in [0.1, 0.15) is 42.4 Å². The molecule has 0 N–H and O–H groups in total. The van der Waals surface area contributed by atoms with Crippen molar-refractivity contribution in [3.05, 3.63) is 160 Å².